The molecule has 4 heteroatoms. The first-order valence-corrected chi connectivity index (χ1v) is 5.88. The van der Waals surface area contributed by atoms with Crippen molar-refractivity contribution in [2.24, 2.45) is 0 Å². The van der Waals surface area contributed by atoms with Gasteiger partial charge < -0.3 is 10.2 Å². The van der Waals surface area contributed by atoms with Gasteiger partial charge in [0.15, 0.2) is 0 Å². The largest absolute Gasteiger partial charge is 0.507 e. The molecule has 0 spiro atoms. The summed E-state index contributed by atoms with van der Waals surface area (Å²) in [6, 6.07) is 5.47. The fourth-order valence-electron chi connectivity index (χ4n) is 2.16. The number of aryl methyl sites for hydroxylation is 2. The van der Waals surface area contributed by atoms with Crippen molar-refractivity contribution in [1.82, 2.24) is 0 Å². The molecule has 0 unspecified atom stereocenters. The Morgan fingerprint density at radius 1 is 1.06 bits per heavy atom. The smallest absolute Gasteiger partial charge is 0.376 e. The molecule has 94 valence electrons. The van der Waals surface area contributed by atoms with Gasteiger partial charge in [0.05, 0.1) is 0 Å². The lowest BCUT2D eigenvalue weighted by atomic mass is 9.90. The highest BCUT2D eigenvalue weighted by molar-refractivity contribution is 6.38. The van der Waals surface area contributed by atoms with Crippen molar-refractivity contribution >= 4 is 17.5 Å². The van der Waals surface area contributed by atoms with Crippen LogP contribution in [0.1, 0.15) is 29.5 Å². The number of carbonyl (C=O) groups is 2. The predicted molar refractivity (Wildman–Crippen MR) is 66.3 cm³/mol. The van der Waals surface area contributed by atoms with Gasteiger partial charge in [-0.15, -0.1) is 0 Å². The average molecular weight is 246 g/mol. The summed E-state index contributed by atoms with van der Waals surface area (Å²) < 4.78 is 0. The van der Waals surface area contributed by atoms with Crippen molar-refractivity contribution in [3.8, 4) is 0 Å². The molecule has 2 rings (SSSR count). The van der Waals surface area contributed by atoms with Crippen LogP contribution in [-0.4, -0.2) is 22.0 Å². The van der Waals surface area contributed by atoms with E-state index in [1.165, 1.54) is 17.5 Å². The standard InChI is InChI=1S/C14H14O4/c15-12(8-13(16)14(17)18)11-6-5-9-3-1-2-4-10(9)7-11/h5-8,15H,1-4H2,(H,17,18)/b12-8-. The Labute approximate surface area is 105 Å². The monoisotopic (exact) mass is 246 g/mol. The van der Waals surface area contributed by atoms with Gasteiger partial charge in [-0.2, -0.15) is 0 Å². The number of carbonyl (C=O) groups excluding carboxylic acids is 1. The van der Waals surface area contributed by atoms with Crippen molar-refractivity contribution in [1.29, 1.82) is 0 Å². The van der Waals surface area contributed by atoms with Gasteiger partial charge in [0, 0.05) is 11.6 Å². The number of aliphatic hydroxyl groups is 1. The zero-order valence-electron chi connectivity index (χ0n) is 9.85. The summed E-state index contributed by atoms with van der Waals surface area (Å²) in [5, 5.41) is 18.2. The second-order valence-electron chi connectivity index (χ2n) is 4.39. The number of hydrogen-bond donors (Lipinski definition) is 2. The number of carboxylic acids is 1. The third kappa shape index (κ3) is 2.59. The second kappa shape index (κ2) is 5.04. The van der Waals surface area contributed by atoms with Gasteiger partial charge in [-0.25, -0.2) is 4.79 Å². The minimum absolute atomic E-state index is 0.296. The van der Waals surface area contributed by atoms with Gasteiger partial charge in [0.2, 0.25) is 0 Å². The van der Waals surface area contributed by atoms with E-state index in [9.17, 15) is 14.7 Å². The van der Waals surface area contributed by atoms with Gasteiger partial charge in [-0.1, -0.05) is 12.1 Å². The van der Waals surface area contributed by atoms with Crippen LogP contribution in [-0.2, 0) is 22.4 Å². The molecule has 0 aliphatic heterocycles. The topological polar surface area (TPSA) is 74.6 Å². The van der Waals surface area contributed by atoms with Crippen molar-refractivity contribution in [2.75, 3.05) is 0 Å². The van der Waals surface area contributed by atoms with Crippen LogP contribution in [0.2, 0.25) is 0 Å². The zero-order chi connectivity index (χ0) is 13.1. The molecule has 0 saturated carbocycles. The Bertz CT molecular complexity index is 529. The molecule has 0 radical (unpaired) electrons. The molecule has 2 N–H and O–H groups in total. The molecule has 1 aromatic rings. The van der Waals surface area contributed by atoms with Crippen LogP contribution in [0.3, 0.4) is 0 Å². The molecular formula is C14H14O4. The van der Waals surface area contributed by atoms with Crippen LogP contribution >= 0.6 is 0 Å². The van der Waals surface area contributed by atoms with E-state index >= 15 is 0 Å². The SMILES string of the molecule is O=C(O)C(=O)/C=C(\O)c1ccc2c(c1)CCCC2. The number of ketones is 1. The van der Waals surface area contributed by atoms with Crippen LogP contribution in [0.5, 0.6) is 0 Å². The quantitative estimate of drug-likeness (QED) is 0.486. The van der Waals surface area contributed by atoms with Crippen molar-refractivity contribution < 1.29 is 19.8 Å². The van der Waals surface area contributed by atoms with E-state index in [0.717, 1.165) is 25.3 Å². The summed E-state index contributed by atoms with van der Waals surface area (Å²) in [5.74, 6) is -2.99. The summed E-state index contributed by atoms with van der Waals surface area (Å²) in [4.78, 5) is 21.4. The van der Waals surface area contributed by atoms with E-state index < -0.39 is 11.8 Å². The number of aliphatic carboxylic acids is 1. The average Bonchev–Trinajstić information content (AvgIpc) is 2.37. The van der Waals surface area contributed by atoms with Gasteiger partial charge in [0.1, 0.15) is 5.76 Å². The molecule has 0 saturated heterocycles. The number of hydrogen-bond acceptors (Lipinski definition) is 3. The van der Waals surface area contributed by atoms with Gasteiger partial charge in [0.25, 0.3) is 5.78 Å². The fourth-order valence-corrected chi connectivity index (χ4v) is 2.16. The first-order valence-electron chi connectivity index (χ1n) is 5.88. The van der Waals surface area contributed by atoms with Crippen molar-refractivity contribution in [2.45, 2.75) is 25.7 Å². The van der Waals surface area contributed by atoms with Crippen molar-refractivity contribution in [3.05, 3.63) is 41.0 Å². The maximum atomic E-state index is 11.0. The van der Waals surface area contributed by atoms with Gasteiger partial charge >= 0.3 is 5.97 Å². The molecule has 0 atom stereocenters. The number of aliphatic hydroxyl groups excluding tert-OH is 1. The zero-order valence-corrected chi connectivity index (χ0v) is 9.85. The molecule has 18 heavy (non-hydrogen) atoms. The number of benzene rings is 1. The van der Waals surface area contributed by atoms with Crippen LogP contribution in [0.4, 0.5) is 0 Å². The molecule has 0 bridgehead atoms. The van der Waals surface area contributed by atoms with Crippen LogP contribution in [0.15, 0.2) is 24.3 Å². The summed E-state index contributed by atoms with van der Waals surface area (Å²) >= 11 is 0. The van der Waals surface area contributed by atoms with Gasteiger partial charge in [-0.3, -0.25) is 4.79 Å². The van der Waals surface area contributed by atoms with E-state index in [1.54, 1.807) is 6.07 Å². The van der Waals surface area contributed by atoms with E-state index in [-0.39, 0.29) is 5.76 Å². The molecular weight excluding hydrogens is 232 g/mol. The first-order chi connectivity index (χ1) is 8.58. The molecule has 0 fully saturated rings. The van der Waals surface area contributed by atoms with E-state index in [4.69, 9.17) is 5.11 Å². The fraction of sp³-hybridized carbons (Fsp3) is 0.286. The highest BCUT2D eigenvalue weighted by Gasteiger charge is 2.13. The third-order valence-electron chi connectivity index (χ3n) is 3.12. The summed E-state index contributed by atoms with van der Waals surface area (Å²) in [6.45, 7) is 0. The third-order valence-corrected chi connectivity index (χ3v) is 3.12. The maximum absolute atomic E-state index is 11.0. The van der Waals surface area contributed by atoms with E-state index in [1.807, 2.05) is 12.1 Å². The number of carboxylic acid groups (broad SMARTS) is 1. The van der Waals surface area contributed by atoms with Gasteiger partial charge in [-0.05, 0) is 42.9 Å². The Hall–Kier alpha value is -2.10. The highest BCUT2D eigenvalue weighted by Crippen LogP contribution is 2.24. The Kier molecular flexibility index (Phi) is 3.46. The number of rotatable bonds is 3. The highest BCUT2D eigenvalue weighted by atomic mass is 16.4. The lowest BCUT2D eigenvalue weighted by Crippen LogP contribution is -2.09. The lowest BCUT2D eigenvalue weighted by Gasteiger charge is -2.16. The maximum Gasteiger partial charge on any atom is 0.376 e. The summed E-state index contributed by atoms with van der Waals surface area (Å²) in [7, 11) is 0. The van der Waals surface area contributed by atoms with Crippen LogP contribution < -0.4 is 0 Å². The number of fused-ring (bicyclic) bond motifs is 1. The van der Waals surface area contributed by atoms with E-state index in [0.29, 0.717) is 5.56 Å². The van der Waals surface area contributed by atoms with Crippen molar-refractivity contribution in [3.63, 3.8) is 0 Å². The molecule has 1 aliphatic carbocycles. The molecule has 4 nitrogen and oxygen atoms in total. The Morgan fingerprint density at radius 3 is 2.39 bits per heavy atom. The van der Waals surface area contributed by atoms with Crippen LogP contribution in [0.25, 0.3) is 5.76 Å². The Balaban J connectivity index is 2.28. The minimum Gasteiger partial charge on any atom is -0.507 e. The van der Waals surface area contributed by atoms with E-state index in [2.05, 4.69) is 0 Å². The summed E-state index contributed by atoms with van der Waals surface area (Å²) in [5.41, 5.74) is 2.93. The minimum atomic E-state index is -1.57. The molecule has 1 aliphatic rings. The molecule has 0 amide bonds. The molecule has 0 aromatic heterocycles. The molecule has 1 aromatic carbocycles. The molecule has 0 heterocycles. The predicted octanol–water partition coefficient (Wildman–Crippen LogP) is 2.12. The first kappa shape index (κ1) is 12.4. The Morgan fingerprint density at radius 2 is 1.72 bits per heavy atom. The summed E-state index contributed by atoms with van der Waals surface area (Å²) in [6.07, 6.45) is 5.03. The normalized spacial score (nSPS) is 15.0. The van der Waals surface area contributed by atoms with Crippen LogP contribution in [0, 0.1) is 0 Å². The lowest BCUT2D eigenvalue weighted by molar-refractivity contribution is -0.146. The second-order valence-corrected chi connectivity index (χ2v) is 4.39.